The number of nitrogens with one attached hydrogen (secondary N) is 2. The maximum Gasteiger partial charge on any atom is 0.337 e. The highest BCUT2D eigenvalue weighted by Gasteiger charge is 2.25. The number of carbonyl (C=O) groups is 2. The van der Waals surface area contributed by atoms with Crippen LogP contribution in [-0.4, -0.2) is 30.3 Å². The summed E-state index contributed by atoms with van der Waals surface area (Å²) < 4.78 is 4.99. The van der Waals surface area contributed by atoms with Crippen LogP contribution in [0.15, 0.2) is 18.2 Å². The van der Waals surface area contributed by atoms with Gasteiger partial charge in [-0.15, -0.1) is 0 Å². The van der Waals surface area contributed by atoms with Crippen molar-refractivity contribution in [3.63, 3.8) is 0 Å². The molecule has 1 aliphatic rings. The number of benzene rings is 1. The molecule has 1 unspecified atom stereocenters. The van der Waals surface area contributed by atoms with Crippen molar-refractivity contribution in [1.82, 2.24) is 5.32 Å². The number of amides is 2. The molecule has 1 fully saturated rings. The molecule has 0 saturated heterocycles. The monoisotopic (exact) mass is 292 g/mol. The fourth-order valence-electron chi connectivity index (χ4n) is 2.36. The number of hydrogen-bond acceptors (Lipinski definition) is 3. The van der Waals surface area contributed by atoms with Crippen molar-refractivity contribution in [3.05, 3.63) is 23.8 Å². The zero-order valence-electron chi connectivity index (χ0n) is 12.2. The molecule has 114 valence electrons. The van der Waals surface area contributed by atoms with Crippen molar-refractivity contribution < 1.29 is 19.4 Å². The maximum absolute atomic E-state index is 12.0. The molecule has 1 aromatic rings. The van der Waals surface area contributed by atoms with Gasteiger partial charge in [0, 0.05) is 6.04 Å². The van der Waals surface area contributed by atoms with Gasteiger partial charge in [0.15, 0.2) is 0 Å². The third-order valence-electron chi connectivity index (χ3n) is 3.92. The lowest BCUT2D eigenvalue weighted by Crippen LogP contribution is -2.42. The number of methoxy groups -OCH3 is 1. The van der Waals surface area contributed by atoms with E-state index in [-0.39, 0.29) is 23.3 Å². The van der Waals surface area contributed by atoms with Gasteiger partial charge in [-0.2, -0.15) is 0 Å². The molecule has 1 saturated carbocycles. The van der Waals surface area contributed by atoms with Gasteiger partial charge in [-0.3, -0.25) is 0 Å². The minimum absolute atomic E-state index is 0.000738. The summed E-state index contributed by atoms with van der Waals surface area (Å²) >= 11 is 0. The molecule has 1 aromatic carbocycles. The molecule has 0 bridgehead atoms. The summed E-state index contributed by atoms with van der Waals surface area (Å²) in [5.74, 6) is -0.164. The van der Waals surface area contributed by atoms with Crippen molar-refractivity contribution in [1.29, 1.82) is 0 Å². The number of carboxylic acids is 1. The summed E-state index contributed by atoms with van der Waals surface area (Å²) in [5, 5.41) is 14.6. The molecule has 0 radical (unpaired) electrons. The number of carbonyl (C=O) groups excluding carboxylic acids is 1. The second-order valence-electron chi connectivity index (χ2n) is 5.29. The van der Waals surface area contributed by atoms with E-state index in [1.165, 1.54) is 25.7 Å². The van der Waals surface area contributed by atoms with E-state index in [4.69, 9.17) is 4.74 Å². The first-order chi connectivity index (χ1) is 10.0. The summed E-state index contributed by atoms with van der Waals surface area (Å²) in [7, 11) is 1.46. The Bertz CT molecular complexity index is 540. The topological polar surface area (TPSA) is 87.7 Å². The average molecular weight is 292 g/mol. The lowest BCUT2D eigenvalue weighted by Gasteiger charge is -2.31. The Labute approximate surface area is 123 Å². The van der Waals surface area contributed by atoms with E-state index < -0.39 is 5.97 Å². The lowest BCUT2D eigenvalue weighted by atomic mass is 9.80. The minimum Gasteiger partial charge on any atom is -0.497 e. The molecule has 3 N–H and O–H groups in total. The van der Waals surface area contributed by atoms with Gasteiger partial charge in [0.05, 0.1) is 18.4 Å². The number of carboxylic acid groups (broad SMARTS) is 1. The first-order valence-corrected chi connectivity index (χ1v) is 7.00. The number of hydrogen-bond donors (Lipinski definition) is 3. The highest BCUT2D eigenvalue weighted by Crippen LogP contribution is 2.29. The van der Waals surface area contributed by atoms with E-state index in [2.05, 4.69) is 10.6 Å². The van der Waals surface area contributed by atoms with Crippen LogP contribution in [0.1, 0.15) is 36.5 Å². The van der Waals surface area contributed by atoms with Crippen molar-refractivity contribution in [3.8, 4) is 5.75 Å². The SMILES string of the molecule is COc1ccc(NC(=O)NC(C)C2CCC2)c(C(=O)O)c1. The first kappa shape index (κ1) is 15.2. The van der Waals surface area contributed by atoms with Gasteiger partial charge < -0.3 is 20.5 Å². The standard InChI is InChI=1S/C15H20N2O4/c1-9(10-4-3-5-10)16-15(20)17-13-7-6-11(21-2)8-12(13)14(18)19/h6-10H,3-5H2,1-2H3,(H,18,19)(H2,16,17,20). The van der Waals surface area contributed by atoms with Crippen molar-refractivity contribution in [2.45, 2.75) is 32.2 Å². The van der Waals surface area contributed by atoms with Crippen molar-refractivity contribution in [2.75, 3.05) is 12.4 Å². The molecule has 6 nitrogen and oxygen atoms in total. The smallest absolute Gasteiger partial charge is 0.337 e. The predicted octanol–water partition coefficient (Wildman–Crippen LogP) is 2.70. The first-order valence-electron chi connectivity index (χ1n) is 7.00. The molecule has 1 atom stereocenters. The highest BCUT2D eigenvalue weighted by molar-refractivity contribution is 6.00. The molecule has 0 aliphatic heterocycles. The van der Waals surface area contributed by atoms with E-state index in [1.54, 1.807) is 6.07 Å². The average Bonchev–Trinajstić information content (AvgIpc) is 2.36. The van der Waals surface area contributed by atoms with Crippen molar-refractivity contribution in [2.24, 2.45) is 5.92 Å². The van der Waals surface area contributed by atoms with Crippen LogP contribution in [0, 0.1) is 5.92 Å². The van der Waals surface area contributed by atoms with Gasteiger partial charge in [-0.1, -0.05) is 6.42 Å². The summed E-state index contributed by atoms with van der Waals surface area (Å²) in [4.78, 5) is 23.2. The number of aromatic carboxylic acids is 1. The minimum atomic E-state index is -1.11. The van der Waals surface area contributed by atoms with Gasteiger partial charge >= 0.3 is 12.0 Å². The summed E-state index contributed by atoms with van der Waals surface area (Å²) in [6.45, 7) is 1.97. The molecular formula is C15H20N2O4. The van der Waals surface area contributed by atoms with Crippen LogP contribution < -0.4 is 15.4 Å². The number of ether oxygens (including phenoxy) is 1. The third-order valence-corrected chi connectivity index (χ3v) is 3.92. The molecule has 0 heterocycles. The Balaban J connectivity index is 2.04. The fraction of sp³-hybridized carbons (Fsp3) is 0.467. The van der Waals surface area contributed by atoms with E-state index in [0.717, 1.165) is 12.8 Å². The fourth-order valence-corrected chi connectivity index (χ4v) is 2.36. The Hall–Kier alpha value is -2.24. The van der Waals surface area contributed by atoms with Gasteiger partial charge in [0.1, 0.15) is 5.75 Å². The van der Waals surface area contributed by atoms with Gasteiger partial charge in [0.2, 0.25) is 0 Å². The van der Waals surface area contributed by atoms with Gasteiger partial charge in [-0.05, 0) is 43.9 Å². The normalized spacial score (nSPS) is 15.7. The quantitative estimate of drug-likeness (QED) is 0.778. The summed E-state index contributed by atoms with van der Waals surface area (Å²) in [5.41, 5.74) is 0.252. The molecule has 2 rings (SSSR count). The summed E-state index contributed by atoms with van der Waals surface area (Å²) in [6.07, 6.45) is 3.47. The van der Waals surface area contributed by atoms with Crippen LogP contribution in [-0.2, 0) is 0 Å². The lowest BCUT2D eigenvalue weighted by molar-refractivity contribution is 0.0697. The second-order valence-corrected chi connectivity index (χ2v) is 5.29. The third kappa shape index (κ3) is 3.65. The second kappa shape index (κ2) is 6.47. The van der Waals surface area contributed by atoms with Crippen molar-refractivity contribution >= 4 is 17.7 Å². The molecular weight excluding hydrogens is 272 g/mol. The molecule has 0 aromatic heterocycles. The zero-order chi connectivity index (χ0) is 15.4. The van der Waals surface area contributed by atoms with Gasteiger partial charge in [-0.25, -0.2) is 9.59 Å². The van der Waals surface area contributed by atoms with Crippen LogP contribution >= 0.6 is 0 Å². The zero-order valence-corrected chi connectivity index (χ0v) is 12.2. The molecule has 2 amide bonds. The Morgan fingerprint density at radius 3 is 2.62 bits per heavy atom. The van der Waals surface area contributed by atoms with E-state index in [0.29, 0.717) is 11.7 Å². The van der Waals surface area contributed by atoms with Crippen LogP contribution in [0.5, 0.6) is 5.75 Å². The van der Waals surface area contributed by atoms with Crippen LogP contribution in [0.2, 0.25) is 0 Å². The van der Waals surface area contributed by atoms with Crippen LogP contribution in [0.4, 0.5) is 10.5 Å². The highest BCUT2D eigenvalue weighted by atomic mass is 16.5. The predicted molar refractivity (Wildman–Crippen MR) is 78.9 cm³/mol. The summed E-state index contributed by atoms with van der Waals surface area (Å²) in [6, 6.07) is 4.22. The number of rotatable bonds is 5. The van der Waals surface area contributed by atoms with Crippen LogP contribution in [0.25, 0.3) is 0 Å². The Kier molecular flexibility index (Phi) is 4.67. The molecule has 21 heavy (non-hydrogen) atoms. The maximum atomic E-state index is 12.0. The Morgan fingerprint density at radius 2 is 2.10 bits per heavy atom. The van der Waals surface area contributed by atoms with E-state index in [9.17, 15) is 14.7 Å². The number of urea groups is 1. The van der Waals surface area contributed by atoms with E-state index >= 15 is 0 Å². The molecule has 6 heteroatoms. The van der Waals surface area contributed by atoms with E-state index in [1.807, 2.05) is 6.92 Å². The number of anilines is 1. The van der Waals surface area contributed by atoms with Gasteiger partial charge in [0.25, 0.3) is 0 Å². The molecule has 0 spiro atoms. The molecule has 1 aliphatic carbocycles. The van der Waals surface area contributed by atoms with Crippen LogP contribution in [0.3, 0.4) is 0 Å². The Morgan fingerprint density at radius 1 is 1.38 bits per heavy atom. The largest absolute Gasteiger partial charge is 0.497 e.